The minimum Gasteiger partial charge on any atom is -0.335 e. The fourth-order valence-electron chi connectivity index (χ4n) is 2.24. The van der Waals surface area contributed by atoms with Crippen LogP contribution < -0.4 is 5.32 Å². The van der Waals surface area contributed by atoms with E-state index in [2.05, 4.69) is 5.32 Å². The Morgan fingerprint density at radius 3 is 2.25 bits per heavy atom. The van der Waals surface area contributed by atoms with Crippen LogP contribution in [-0.2, 0) is 10.0 Å². The monoisotopic (exact) mass is 296 g/mol. The molecule has 1 aromatic rings. The molecule has 20 heavy (non-hydrogen) atoms. The van der Waals surface area contributed by atoms with Crippen LogP contribution in [0.5, 0.6) is 0 Å². The van der Waals surface area contributed by atoms with E-state index < -0.39 is 16.1 Å². The standard InChI is InChI=1S/C14H20N2O3S/c1-10-5-7-11(8-6-10)20(18,19)16-12(14(2,3)4)9-15-13(16)17/h5-8,12H,9H2,1-4H3,(H,15,17). The first-order valence-corrected chi connectivity index (χ1v) is 7.97. The topological polar surface area (TPSA) is 66.5 Å². The van der Waals surface area contributed by atoms with Gasteiger partial charge in [-0.3, -0.25) is 0 Å². The van der Waals surface area contributed by atoms with Gasteiger partial charge in [0.25, 0.3) is 10.0 Å². The van der Waals surface area contributed by atoms with Crippen molar-refractivity contribution < 1.29 is 13.2 Å². The molecule has 1 atom stereocenters. The van der Waals surface area contributed by atoms with E-state index >= 15 is 0 Å². The number of sulfonamides is 1. The van der Waals surface area contributed by atoms with Gasteiger partial charge in [0, 0.05) is 6.54 Å². The summed E-state index contributed by atoms with van der Waals surface area (Å²) in [6.07, 6.45) is 0. The zero-order chi connectivity index (χ0) is 15.1. The van der Waals surface area contributed by atoms with Gasteiger partial charge >= 0.3 is 6.03 Å². The lowest BCUT2D eigenvalue weighted by atomic mass is 9.87. The van der Waals surface area contributed by atoms with E-state index in [0.717, 1.165) is 9.87 Å². The van der Waals surface area contributed by atoms with Gasteiger partial charge in [-0.15, -0.1) is 0 Å². The average molecular weight is 296 g/mol. The van der Waals surface area contributed by atoms with Gasteiger partial charge in [0.1, 0.15) is 0 Å². The number of amides is 2. The number of carbonyl (C=O) groups excluding carboxylic acids is 1. The van der Waals surface area contributed by atoms with Crippen molar-refractivity contribution in [2.45, 2.75) is 38.6 Å². The Kier molecular flexibility index (Phi) is 3.54. The Bertz CT molecular complexity index is 615. The molecular formula is C14H20N2O3S. The van der Waals surface area contributed by atoms with Crippen LogP contribution in [0.15, 0.2) is 29.2 Å². The summed E-state index contributed by atoms with van der Waals surface area (Å²) < 4.78 is 26.3. The number of rotatable bonds is 2. The first-order valence-electron chi connectivity index (χ1n) is 6.53. The van der Waals surface area contributed by atoms with Crippen molar-refractivity contribution in [2.75, 3.05) is 6.54 Å². The summed E-state index contributed by atoms with van der Waals surface area (Å²) in [5.74, 6) is 0. The SMILES string of the molecule is Cc1ccc(S(=O)(=O)N2C(=O)NCC2C(C)(C)C)cc1. The molecule has 1 N–H and O–H groups in total. The summed E-state index contributed by atoms with van der Waals surface area (Å²) in [7, 11) is -3.82. The Morgan fingerprint density at radius 1 is 1.20 bits per heavy atom. The van der Waals surface area contributed by atoms with Crippen LogP contribution in [0.25, 0.3) is 0 Å². The average Bonchev–Trinajstić information content (AvgIpc) is 2.72. The quantitative estimate of drug-likeness (QED) is 0.909. The van der Waals surface area contributed by atoms with Crippen molar-refractivity contribution in [3.05, 3.63) is 29.8 Å². The van der Waals surface area contributed by atoms with Gasteiger partial charge in [0.2, 0.25) is 0 Å². The highest BCUT2D eigenvalue weighted by atomic mass is 32.2. The maximum absolute atomic E-state index is 12.7. The molecule has 1 fully saturated rings. The van der Waals surface area contributed by atoms with Gasteiger partial charge in [-0.1, -0.05) is 38.5 Å². The largest absolute Gasteiger partial charge is 0.335 e. The molecule has 1 heterocycles. The number of hydrogen-bond donors (Lipinski definition) is 1. The summed E-state index contributed by atoms with van der Waals surface area (Å²) in [6.45, 7) is 8.01. The molecule has 2 amide bonds. The van der Waals surface area contributed by atoms with Crippen molar-refractivity contribution in [1.29, 1.82) is 0 Å². The fourth-order valence-corrected chi connectivity index (χ4v) is 3.96. The molecule has 1 aromatic carbocycles. The molecule has 2 rings (SSSR count). The molecular weight excluding hydrogens is 276 g/mol. The van der Waals surface area contributed by atoms with Gasteiger partial charge < -0.3 is 5.32 Å². The van der Waals surface area contributed by atoms with Crippen LogP contribution in [0.2, 0.25) is 0 Å². The first kappa shape index (κ1) is 14.8. The molecule has 0 radical (unpaired) electrons. The van der Waals surface area contributed by atoms with E-state index in [1.54, 1.807) is 12.1 Å². The molecule has 0 bridgehead atoms. The van der Waals surface area contributed by atoms with E-state index in [0.29, 0.717) is 6.54 Å². The molecule has 110 valence electrons. The van der Waals surface area contributed by atoms with Crippen LogP contribution in [0.3, 0.4) is 0 Å². The Balaban J connectivity index is 2.46. The van der Waals surface area contributed by atoms with Crippen molar-refractivity contribution in [1.82, 2.24) is 9.62 Å². The predicted octanol–water partition coefficient (Wildman–Crippen LogP) is 2.12. The van der Waals surface area contributed by atoms with Crippen molar-refractivity contribution in [2.24, 2.45) is 5.41 Å². The van der Waals surface area contributed by atoms with Crippen molar-refractivity contribution in [3.8, 4) is 0 Å². The zero-order valence-corrected chi connectivity index (χ0v) is 13.0. The lowest BCUT2D eigenvalue weighted by molar-refractivity contribution is 0.204. The smallest absolute Gasteiger partial charge is 0.331 e. The molecule has 1 saturated heterocycles. The van der Waals surface area contributed by atoms with Crippen LogP contribution in [-0.4, -0.2) is 31.3 Å². The number of nitrogens with one attached hydrogen (secondary N) is 1. The summed E-state index contributed by atoms with van der Waals surface area (Å²) in [4.78, 5) is 12.1. The molecule has 1 aliphatic heterocycles. The predicted molar refractivity (Wildman–Crippen MR) is 76.8 cm³/mol. The second-order valence-electron chi connectivity index (χ2n) is 6.18. The highest BCUT2D eigenvalue weighted by molar-refractivity contribution is 7.89. The van der Waals surface area contributed by atoms with Crippen molar-refractivity contribution >= 4 is 16.1 Å². The summed E-state index contributed by atoms with van der Waals surface area (Å²) in [6, 6.07) is 5.60. The summed E-state index contributed by atoms with van der Waals surface area (Å²) >= 11 is 0. The highest BCUT2D eigenvalue weighted by Gasteiger charge is 2.45. The minimum absolute atomic E-state index is 0.148. The van der Waals surface area contributed by atoms with E-state index in [-0.39, 0.29) is 16.4 Å². The molecule has 0 spiro atoms. The maximum Gasteiger partial charge on any atom is 0.331 e. The van der Waals surface area contributed by atoms with Crippen molar-refractivity contribution in [3.63, 3.8) is 0 Å². The van der Waals surface area contributed by atoms with Gasteiger partial charge in [-0.2, -0.15) is 0 Å². The summed E-state index contributed by atoms with van der Waals surface area (Å²) in [5.41, 5.74) is 0.652. The Labute approximate surface area is 120 Å². The van der Waals surface area contributed by atoms with Gasteiger partial charge in [-0.05, 0) is 24.5 Å². The maximum atomic E-state index is 12.7. The number of urea groups is 1. The third-order valence-corrected chi connectivity index (χ3v) is 5.31. The highest BCUT2D eigenvalue weighted by Crippen LogP contribution is 2.31. The normalized spacial score (nSPS) is 20.1. The van der Waals surface area contributed by atoms with Gasteiger partial charge in [0.15, 0.2) is 0 Å². The molecule has 0 aliphatic carbocycles. The van der Waals surface area contributed by atoms with Gasteiger partial charge in [-0.25, -0.2) is 17.5 Å². The molecule has 1 unspecified atom stereocenters. The second kappa shape index (κ2) is 4.77. The summed E-state index contributed by atoms with van der Waals surface area (Å²) in [5, 5.41) is 2.62. The molecule has 0 aromatic heterocycles. The lowest BCUT2D eigenvalue weighted by Gasteiger charge is -2.32. The van der Waals surface area contributed by atoms with Crippen LogP contribution in [0.4, 0.5) is 4.79 Å². The third-order valence-electron chi connectivity index (χ3n) is 3.51. The minimum atomic E-state index is -3.82. The van der Waals surface area contributed by atoms with Crippen LogP contribution >= 0.6 is 0 Å². The fraction of sp³-hybridized carbons (Fsp3) is 0.500. The van der Waals surface area contributed by atoms with Crippen LogP contribution in [0.1, 0.15) is 26.3 Å². The number of aryl methyl sites for hydroxylation is 1. The number of carbonyl (C=O) groups is 1. The van der Waals surface area contributed by atoms with E-state index in [9.17, 15) is 13.2 Å². The number of benzene rings is 1. The van der Waals surface area contributed by atoms with E-state index in [4.69, 9.17) is 0 Å². The van der Waals surface area contributed by atoms with E-state index in [1.165, 1.54) is 12.1 Å². The molecule has 6 heteroatoms. The number of nitrogens with zero attached hydrogens (tertiary/aromatic N) is 1. The second-order valence-corrected chi connectivity index (χ2v) is 8.00. The molecule has 0 saturated carbocycles. The van der Waals surface area contributed by atoms with Gasteiger partial charge in [0.05, 0.1) is 10.9 Å². The zero-order valence-electron chi connectivity index (χ0n) is 12.2. The third kappa shape index (κ3) is 2.52. The van der Waals surface area contributed by atoms with E-state index in [1.807, 2.05) is 27.7 Å². The number of hydrogen-bond acceptors (Lipinski definition) is 3. The lowest BCUT2D eigenvalue weighted by Crippen LogP contribution is -2.45. The molecule has 1 aliphatic rings. The first-order chi connectivity index (χ1) is 9.14. The Morgan fingerprint density at radius 2 is 1.75 bits per heavy atom. The van der Waals surface area contributed by atoms with Crippen LogP contribution in [0, 0.1) is 12.3 Å². The molecule has 5 nitrogen and oxygen atoms in total. The Hall–Kier alpha value is -1.56.